The summed E-state index contributed by atoms with van der Waals surface area (Å²) in [5.41, 5.74) is 3.04. The fourth-order valence-electron chi connectivity index (χ4n) is 5.28. The molecular formula is C32H30F3N9O. The van der Waals surface area contributed by atoms with Crippen LogP contribution in [0, 0.1) is 6.92 Å². The fraction of sp³-hybridized carbons (Fsp3) is 0.250. The number of piperidine rings is 1. The lowest BCUT2D eigenvalue weighted by Crippen LogP contribution is -2.42. The van der Waals surface area contributed by atoms with Gasteiger partial charge in [-0.05, 0) is 73.4 Å². The quantitative estimate of drug-likeness (QED) is 0.220. The topological polar surface area (TPSA) is 114 Å². The predicted molar refractivity (Wildman–Crippen MR) is 163 cm³/mol. The molecule has 1 amide bonds. The van der Waals surface area contributed by atoms with Gasteiger partial charge in [0.15, 0.2) is 0 Å². The molecule has 0 atom stereocenters. The number of aromatic nitrogens is 6. The average Bonchev–Trinajstić information content (AvgIpc) is 3.54. The zero-order chi connectivity index (χ0) is 31.4. The summed E-state index contributed by atoms with van der Waals surface area (Å²) in [7, 11) is 0. The van der Waals surface area contributed by atoms with E-state index in [2.05, 4.69) is 35.7 Å². The van der Waals surface area contributed by atoms with E-state index in [4.69, 9.17) is 0 Å². The van der Waals surface area contributed by atoms with E-state index >= 15 is 0 Å². The number of nitrogens with one attached hydrogen (secondary N) is 2. The van der Waals surface area contributed by atoms with Crippen LogP contribution in [0.3, 0.4) is 0 Å². The minimum atomic E-state index is -4.47. The Kier molecular flexibility index (Phi) is 8.41. The molecule has 0 radical (unpaired) electrons. The molecule has 10 nitrogen and oxygen atoms in total. The van der Waals surface area contributed by atoms with Gasteiger partial charge in [0.2, 0.25) is 0 Å². The van der Waals surface area contributed by atoms with Gasteiger partial charge in [0.05, 0.1) is 17.8 Å². The van der Waals surface area contributed by atoms with Gasteiger partial charge in [-0.15, -0.1) is 0 Å². The molecule has 1 aliphatic rings. The summed E-state index contributed by atoms with van der Waals surface area (Å²) in [4.78, 5) is 32.4. The van der Waals surface area contributed by atoms with Crippen LogP contribution in [0.15, 0.2) is 85.7 Å². The van der Waals surface area contributed by atoms with E-state index in [9.17, 15) is 18.0 Å². The van der Waals surface area contributed by atoms with Crippen molar-refractivity contribution in [1.29, 1.82) is 0 Å². The van der Waals surface area contributed by atoms with Crippen molar-refractivity contribution in [2.45, 2.75) is 38.5 Å². The summed E-state index contributed by atoms with van der Waals surface area (Å²) in [6.45, 7) is 3.60. The Hall–Kier alpha value is -5.33. The summed E-state index contributed by atoms with van der Waals surface area (Å²) < 4.78 is 41.0. The van der Waals surface area contributed by atoms with Crippen molar-refractivity contribution in [3.8, 4) is 11.3 Å². The van der Waals surface area contributed by atoms with Gasteiger partial charge in [0.25, 0.3) is 5.91 Å². The molecule has 0 saturated carbocycles. The van der Waals surface area contributed by atoms with Crippen molar-refractivity contribution in [1.82, 2.24) is 34.6 Å². The minimum Gasteiger partial charge on any atom is -0.367 e. The number of halogens is 3. The summed E-state index contributed by atoms with van der Waals surface area (Å²) >= 11 is 0. The van der Waals surface area contributed by atoms with Crippen molar-refractivity contribution in [3.05, 3.63) is 108 Å². The first-order valence-corrected chi connectivity index (χ1v) is 14.4. The second-order valence-corrected chi connectivity index (χ2v) is 10.9. The molecule has 0 bridgehead atoms. The van der Waals surface area contributed by atoms with Crippen LogP contribution in [-0.2, 0) is 12.7 Å². The smallest absolute Gasteiger partial charge is 0.367 e. The van der Waals surface area contributed by atoms with Gasteiger partial charge in [-0.1, -0.05) is 18.2 Å². The normalized spacial score (nSPS) is 13.9. The number of pyridine rings is 3. The first-order valence-electron chi connectivity index (χ1n) is 14.4. The third kappa shape index (κ3) is 7.25. The number of alkyl halides is 3. The number of hydrogen-bond acceptors (Lipinski definition) is 8. The van der Waals surface area contributed by atoms with E-state index in [0.29, 0.717) is 42.5 Å². The van der Waals surface area contributed by atoms with E-state index in [1.54, 1.807) is 23.3 Å². The molecule has 230 valence electrons. The third-order valence-electron chi connectivity index (χ3n) is 7.55. The number of aryl methyl sites for hydroxylation is 1. The Balaban J connectivity index is 1.06. The van der Waals surface area contributed by atoms with E-state index in [-0.39, 0.29) is 17.8 Å². The molecule has 6 rings (SSSR count). The van der Waals surface area contributed by atoms with Crippen LogP contribution in [0.1, 0.15) is 39.9 Å². The molecule has 0 unspecified atom stereocenters. The van der Waals surface area contributed by atoms with Gasteiger partial charge in [0.1, 0.15) is 30.1 Å². The van der Waals surface area contributed by atoms with Crippen LogP contribution in [-0.4, -0.2) is 59.7 Å². The van der Waals surface area contributed by atoms with Gasteiger partial charge in [0, 0.05) is 42.7 Å². The lowest BCUT2D eigenvalue weighted by atomic mass is 10.0. The maximum absolute atomic E-state index is 13.4. The van der Waals surface area contributed by atoms with Gasteiger partial charge < -0.3 is 15.5 Å². The summed E-state index contributed by atoms with van der Waals surface area (Å²) in [5, 5.41) is 10.5. The molecule has 5 heterocycles. The van der Waals surface area contributed by atoms with E-state index in [1.165, 1.54) is 6.33 Å². The number of carbonyl (C=O) groups is 1. The summed E-state index contributed by atoms with van der Waals surface area (Å²) in [5.74, 6) is 1.15. The Morgan fingerprint density at radius 3 is 2.53 bits per heavy atom. The average molecular weight is 614 g/mol. The Morgan fingerprint density at radius 2 is 1.80 bits per heavy atom. The standard InChI is InChI=1S/C32H30F3N9O/c1-21-14-27(41-30(15-21)42-29-16-24(8-11-37-29)32(33,34)35)22-6-7-28(38-17-22)40-25-9-12-43(13-10-25)31(45)26-5-3-2-4-23(26)18-44-20-36-19-39-44/h2-8,11,14-17,19-20,25H,9-10,12-13,18H2,1H3,(H,38,40)(H,37,41,42). The lowest BCUT2D eigenvalue weighted by Gasteiger charge is -2.33. The number of amides is 1. The Labute approximate surface area is 257 Å². The van der Waals surface area contributed by atoms with Gasteiger partial charge in [-0.25, -0.2) is 24.6 Å². The van der Waals surface area contributed by atoms with E-state index in [0.717, 1.165) is 47.9 Å². The zero-order valence-corrected chi connectivity index (χ0v) is 24.4. The predicted octanol–water partition coefficient (Wildman–Crippen LogP) is 5.97. The number of likely N-dealkylation sites (tertiary alicyclic amines) is 1. The monoisotopic (exact) mass is 613 g/mol. The Bertz CT molecular complexity index is 1770. The number of rotatable bonds is 8. The molecule has 5 aromatic rings. The number of hydrogen-bond donors (Lipinski definition) is 2. The summed E-state index contributed by atoms with van der Waals surface area (Å²) in [6, 6.07) is 17.0. The molecule has 1 fully saturated rings. The van der Waals surface area contributed by atoms with Crippen molar-refractivity contribution >= 4 is 23.4 Å². The van der Waals surface area contributed by atoms with Gasteiger partial charge in [-0.2, -0.15) is 18.3 Å². The van der Waals surface area contributed by atoms with Crippen molar-refractivity contribution in [3.63, 3.8) is 0 Å². The van der Waals surface area contributed by atoms with Crippen molar-refractivity contribution in [2.75, 3.05) is 23.7 Å². The second-order valence-electron chi connectivity index (χ2n) is 10.9. The van der Waals surface area contributed by atoms with E-state index < -0.39 is 11.7 Å². The molecular weight excluding hydrogens is 583 g/mol. The maximum Gasteiger partial charge on any atom is 0.416 e. The lowest BCUT2D eigenvalue weighted by molar-refractivity contribution is -0.137. The third-order valence-corrected chi connectivity index (χ3v) is 7.55. The molecule has 1 aromatic carbocycles. The highest BCUT2D eigenvalue weighted by Gasteiger charge is 2.31. The van der Waals surface area contributed by atoms with Crippen LogP contribution in [0.4, 0.5) is 30.6 Å². The molecule has 2 N–H and O–H groups in total. The first-order chi connectivity index (χ1) is 21.7. The van der Waals surface area contributed by atoms with Gasteiger partial charge in [-0.3, -0.25) is 4.79 Å². The highest BCUT2D eigenvalue weighted by atomic mass is 19.4. The van der Waals surface area contributed by atoms with Crippen LogP contribution >= 0.6 is 0 Å². The van der Waals surface area contributed by atoms with Crippen LogP contribution < -0.4 is 10.6 Å². The molecule has 1 saturated heterocycles. The molecule has 1 aliphatic heterocycles. The highest BCUT2D eigenvalue weighted by Crippen LogP contribution is 2.31. The number of benzene rings is 1. The van der Waals surface area contributed by atoms with Gasteiger partial charge >= 0.3 is 6.18 Å². The summed E-state index contributed by atoms with van der Waals surface area (Å²) in [6.07, 6.45) is 3.02. The fourth-order valence-corrected chi connectivity index (χ4v) is 5.28. The largest absolute Gasteiger partial charge is 0.416 e. The minimum absolute atomic E-state index is 0.00925. The van der Waals surface area contributed by atoms with Crippen molar-refractivity contribution < 1.29 is 18.0 Å². The molecule has 0 aliphatic carbocycles. The Morgan fingerprint density at radius 1 is 0.978 bits per heavy atom. The number of nitrogens with zero attached hydrogens (tertiary/aromatic N) is 7. The second kappa shape index (κ2) is 12.7. The zero-order valence-electron chi connectivity index (χ0n) is 24.4. The van der Waals surface area contributed by atoms with Crippen LogP contribution in [0.25, 0.3) is 11.3 Å². The molecule has 45 heavy (non-hydrogen) atoms. The van der Waals surface area contributed by atoms with Crippen LogP contribution in [0.5, 0.6) is 0 Å². The van der Waals surface area contributed by atoms with E-state index in [1.807, 2.05) is 54.3 Å². The molecule has 0 spiro atoms. The molecule has 13 heteroatoms. The SMILES string of the molecule is Cc1cc(Nc2cc(C(F)(F)F)ccn2)nc(-c2ccc(NC3CCN(C(=O)c4ccccc4Cn4cncn4)CC3)nc2)c1. The molecule has 4 aromatic heterocycles. The van der Waals surface area contributed by atoms with Crippen molar-refractivity contribution in [2.24, 2.45) is 0 Å². The maximum atomic E-state index is 13.4. The first kappa shape index (κ1) is 29.7. The highest BCUT2D eigenvalue weighted by molar-refractivity contribution is 5.95. The number of anilines is 3. The van der Waals surface area contributed by atoms with Crippen LogP contribution in [0.2, 0.25) is 0 Å². The number of carbonyl (C=O) groups excluding carboxylic acids is 1.